The molecule has 2 aliphatic rings. The summed E-state index contributed by atoms with van der Waals surface area (Å²) in [6.45, 7) is 6.83. The van der Waals surface area contributed by atoms with Crippen molar-refractivity contribution in [2.45, 2.75) is 20.8 Å². The van der Waals surface area contributed by atoms with Crippen LogP contribution in [0.2, 0.25) is 0 Å². The highest BCUT2D eigenvalue weighted by Gasteiger charge is 2.40. The van der Waals surface area contributed by atoms with Crippen molar-refractivity contribution in [3.63, 3.8) is 0 Å². The average molecular weight is 763 g/mol. The monoisotopic (exact) mass is 762 g/mol. The summed E-state index contributed by atoms with van der Waals surface area (Å²) in [7, 11) is 0. The van der Waals surface area contributed by atoms with Gasteiger partial charge in [0.25, 0.3) is 6.71 Å². The van der Waals surface area contributed by atoms with Crippen LogP contribution in [-0.4, -0.2) is 15.8 Å². The zero-order chi connectivity index (χ0) is 39.8. The second-order valence-corrected chi connectivity index (χ2v) is 17.0. The van der Waals surface area contributed by atoms with E-state index < -0.39 is 0 Å². The zero-order valence-corrected chi connectivity index (χ0v) is 33.8. The summed E-state index contributed by atoms with van der Waals surface area (Å²) < 4.78 is 5.27. The normalized spacial score (nSPS) is 12.6. The van der Waals surface area contributed by atoms with Gasteiger partial charge in [0, 0.05) is 44.0 Å². The number of benzene rings is 9. The number of aromatic nitrogens is 2. The summed E-state index contributed by atoms with van der Waals surface area (Å²) in [4.78, 5) is 0. The lowest BCUT2D eigenvalue weighted by Gasteiger charge is -2.36. The molecule has 2 aliphatic heterocycles. The summed E-state index contributed by atoms with van der Waals surface area (Å²) in [5, 5.41) is 15.0. The summed E-state index contributed by atoms with van der Waals surface area (Å²) in [5.74, 6) is 0. The lowest BCUT2D eigenvalue weighted by atomic mass is 9.34. The van der Waals surface area contributed by atoms with E-state index in [2.05, 4.69) is 212 Å². The van der Waals surface area contributed by atoms with Gasteiger partial charge in [-0.1, -0.05) is 157 Å². The maximum Gasteiger partial charge on any atom is 0.252 e. The fraction of sp³-hybridized carbons (Fsp3) is 0.0526. The Morgan fingerprint density at radius 2 is 0.583 bits per heavy atom. The number of hydrogen-bond acceptors (Lipinski definition) is 0. The number of fused-ring (bicyclic) bond motifs is 18. The molecule has 0 spiro atoms. The van der Waals surface area contributed by atoms with Gasteiger partial charge in [-0.05, 0) is 122 Å². The molecule has 0 bridgehead atoms. The molecule has 0 radical (unpaired) electrons. The standard InChI is InChI=1S/C57H39BN2/c1-34-28-47-43-22-10-6-18-39(43)37-16-4-8-20-41(37)45-24-12-14-26-51(45)59-53-32-36(3)33-54-55(53)58(49(30-34)56(47)59)50-31-35(2)29-48-44-23-11-7-19-40(44)38-17-5-9-21-42(38)46-25-13-15-27-52(46)60(54)57(48)50/h4-33H,1-3H3. The third-order valence-electron chi connectivity index (χ3n) is 13.4. The van der Waals surface area contributed by atoms with Crippen LogP contribution >= 0.6 is 0 Å². The van der Waals surface area contributed by atoms with E-state index in [9.17, 15) is 0 Å². The quantitative estimate of drug-likeness (QED) is 0.136. The molecule has 4 heterocycles. The van der Waals surface area contributed by atoms with Crippen molar-refractivity contribution >= 4 is 110 Å². The minimum absolute atomic E-state index is 0.0182. The van der Waals surface area contributed by atoms with E-state index in [0.717, 1.165) is 0 Å². The SMILES string of the molecule is Cc1cc2c3c(c1)-n1c4ccccc4c4ccccc4c4ccccc4c4cc(C)cc(c41)B3c1cc(C)cc3c4ccccc4c4ccccc4c4ccccc4n-2c13. The summed E-state index contributed by atoms with van der Waals surface area (Å²) in [5.41, 5.74) is 15.2. The van der Waals surface area contributed by atoms with Gasteiger partial charge in [0.2, 0.25) is 0 Å². The second kappa shape index (κ2) is 12.3. The van der Waals surface area contributed by atoms with E-state index in [1.807, 2.05) is 0 Å². The van der Waals surface area contributed by atoms with Gasteiger partial charge in [-0.3, -0.25) is 0 Å². The molecule has 60 heavy (non-hydrogen) atoms. The van der Waals surface area contributed by atoms with E-state index in [4.69, 9.17) is 0 Å². The molecule has 0 amide bonds. The van der Waals surface area contributed by atoms with Crippen molar-refractivity contribution in [2.24, 2.45) is 0 Å². The highest BCUT2D eigenvalue weighted by Crippen LogP contribution is 2.40. The molecule has 280 valence electrons. The number of hydrogen-bond donors (Lipinski definition) is 0. The van der Waals surface area contributed by atoms with Gasteiger partial charge in [-0.15, -0.1) is 0 Å². The molecule has 0 aliphatic carbocycles. The van der Waals surface area contributed by atoms with Crippen molar-refractivity contribution in [1.82, 2.24) is 9.13 Å². The third-order valence-corrected chi connectivity index (χ3v) is 13.4. The molecule has 0 N–H and O–H groups in total. The van der Waals surface area contributed by atoms with Crippen molar-refractivity contribution < 1.29 is 0 Å². The van der Waals surface area contributed by atoms with E-state index in [0.29, 0.717) is 0 Å². The fourth-order valence-electron chi connectivity index (χ4n) is 11.2. The molecule has 0 unspecified atom stereocenters. The fourth-order valence-corrected chi connectivity index (χ4v) is 11.2. The smallest absolute Gasteiger partial charge is 0.252 e. The molecule has 11 aromatic rings. The number of aryl methyl sites for hydroxylation is 3. The van der Waals surface area contributed by atoms with Gasteiger partial charge in [-0.2, -0.15) is 0 Å². The van der Waals surface area contributed by atoms with Crippen LogP contribution in [0.4, 0.5) is 0 Å². The second-order valence-electron chi connectivity index (χ2n) is 17.0. The minimum Gasteiger partial charge on any atom is -0.310 e. The highest BCUT2D eigenvalue weighted by molar-refractivity contribution is 7.00. The van der Waals surface area contributed by atoms with Crippen LogP contribution in [0.15, 0.2) is 182 Å². The number of rotatable bonds is 0. The van der Waals surface area contributed by atoms with Gasteiger partial charge < -0.3 is 9.13 Å². The van der Waals surface area contributed by atoms with Gasteiger partial charge in [0.1, 0.15) is 0 Å². The molecular weight excluding hydrogens is 723 g/mol. The van der Waals surface area contributed by atoms with Gasteiger partial charge >= 0.3 is 0 Å². The maximum absolute atomic E-state index is 2.63. The molecule has 0 fully saturated rings. The van der Waals surface area contributed by atoms with Gasteiger partial charge in [-0.25, -0.2) is 0 Å². The Kier molecular flexibility index (Phi) is 6.91. The Bertz CT molecular complexity index is 3630. The first-order chi connectivity index (χ1) is 29.5. The molecule has 0 saturated heterocycles. The highest BCUT2D eigenvalue weighted by atomic mass is 15.0. The largest absolute Gasteiger partial charge is 0.310 e. The maximum atomic E-state index is 2.63. The predicted molar refractivity (Wildman–Crippen MR) is 259 cm³/mol. The molecule has 9 aromatic carbocycles. The molecule has 13 rings (SSSR count). The van der Waals surface area contributed by atoms with Crippen LogP contribution in [-0.2, 0) is 0 Å². The van der Waals surface area contributed by atoms with E-state index in [1.54, 1.807) is 0 Å². The van der Waals surface area contributed by atoms with Crippen molar-refractivity contribution in [1.29, 1.82) is 0 Å². The number of nitrogens with zero attached hydrogens (tertiary/aromatic N) is 2. The lowest BCUT2D eigenvalue weighted by Crippen LogP contribution is -2.60. The molecule has 2 nitrogen and oxygen atoms in total. The topological polar surface area (TPSA) is 9.86 Å². The molecular formula is C57H39BN2. The van der Waals surface area contributed by atoms with E-state index in [-0.39, 0.29) is 6.71 Å². The van der Waals surface area contributed by atoms with Crippen molar-refractivity contribution in [3.05, 3.63) is 199 Å². The van der Waals surface area contributed by atoms with E-state index >= 15 is 0 Å². The van der Waals surface area contributed by atoms with Crippen molar-refractivity contribution in [3.8, 4) is 11.4 Å². The summed E-state index contributed by atoms with van der Waals surface area (Å²) >= 11 is 0. The Labute approximate surface area is 348 Å². The molecule has 3 heteroatoms. The Balaban J connectivity index is 1.38. The third kappa shape index (κ3) is 4.49. The Morgan fingerprint density at radius 1 is 0.300 bits per heavy atom. The van der Waals surface area contributed by atoms with Crippen molar-refractivity contribution in [2.75, 3.05) is 0 Å². The molecule has 0 atom stereocenters. The van der Waals surface area contributed by atoms with Crippen LogP contribution in [0.3, 0.4) is 0 Å². The lowest BCUT2D eigenvalue weighted by molar-refractivity contribution is 1.12. The van der Waals surface area contributed by atoms with Crippen LogP contribution < -0.4 is 16.4 Å². The predicted octanol–water partition coefficient (Wildman–Crippen LogP) is 12.8. The number of para-hydroxylation sites is 2. The first kappa shape index (κ1) is 33.6. The Hall–Kier alpha value is -7.36. The minimum atomic E-state index is -0.0182. The molecule has 0 saturated carbocycles. The van der Waals surface area contributed by atoms with Crippen LogP contribution in [0.25, 0.3) is 98.1 Å². The van der Waals surface area contributed by atoms with E-state index in [1.165, 1.54) is 131 Å². The zero-order valence-electron chi connectivity index (χ0n) is 33.8. The summed E-state index contributed by atoms with van der Waals surface area (Å²) in [6.07, 6.45) is 0. The van der Waals surface area contributed by atoms with Crippen LogP contribution in [0, 0.1) is 20.8 Å². The Morgan fingerprint density at radius 3 is 0.950 bits per heavy atom. The van der Waals surface area contributed by atoms with Gasteiger partial charge in [0.15, 0.2) is 0 Å². The van der Waals surface area contributed by atoms with Crippen LogP contribution in [0.1, 0.15) is 16.7 Å². The average Bonchev–Trinajstić information content (AvgIpc) is 3.35. The molecule has 2 aromatic heterocycles. The van der Waals surface area contributed by atoms with Crippen LogP contribution in [0.5, 0.6) is 0 Å². The summed E-state index contributed by atoms with van der Waals surface area (Å²) in [6, 6.07) is 69.0. The first-order valence-electron chi connectivity index (χ1n) is 21.1. The first-order valence-corrected chi connectivity index (χ1v) is 21.1. The van der Waals surface area contributed by atoms with Gasteiger partial charge in [0.05, 0.1) is 11.0 Å².